The predicted molar refractivity (Wildman–Crippen MR) is 150 cm³/mol. The number of hydrogen-bond acceptors (Lipinski definition) is 4. The molecule has 1 aliphatic heterocycles. The van der Waals surface area contributed by atoms with Gasteiger partial charge in [0.2, 0.25) is 0 Å². The summed E-state index contributed by atoms with van der Waals surface area (Å²) in [6, 6.07) is 27.6. The van der Waals surface area contributed by atoms with Gasteiger partial charge in [0.05, 0.1) is 11.4 Å². The van der Waals surface area contributed by atoms with Gasteiger partial charge in [-0.15, -0.1) is 0 Å². The van der Waals surface area contributed by atoms with Crippen LogP contribution >= 0.6 is 0 Å². The van der Waals surface area contributed by atoms with Gasteiger partial charge in [-0.05, 0) is 37.1 Å². The van der Waals surface area contributed by atoms with Crippen LogP contribution in [0.15, 0.2) is 78.9 Å². The first-order valence-corrected chi connectivity index (χ1v) is 13.6. The van der Waals surface area contributed by atoms with Gasteiger partial charge in [-0.25, -0.2) is 4.98 Å². The van der Waals surface area contributed by atoms with E-state index in [0.29, 0.717) is 13.2 Å². The lowest BCUT2D eigenvalue weighted by molar-refractivity contribution is 0.171. The topological polar surface area (TPSA) is 39.5 Å². The third-order valence-electron chi connectivity index (χ3n) is 6.81. The summed E-state index contributed by atoms with van der Waals surface area (Å²) in [6.07, 6.45) is 3.36. The molecule has 4 aromatic rings. The molecule has 5 heteroatoms. The first kappa shape index (κ1) is 25.1. The quantitative estimate of drug-likeness (QED) is 0.221. The second-order valence-electron chi connectivity index (χ2n) is 9.66. The molecule has 0 radical (unpaired) electrons. The van der Waals surface area contributed by atoms with Gasteiger partial charge < -0.3 is 14.0 Å². The molecule has 0 amide bonds. The second kappa shape index (κ2) is 12.1. The van der Waals surface area contributed by atoms with Crippen LogP contribution in [0.1, 0.15) is 44.4 Å². The van der Waals surface area contributed by atoms with Crippen LogP contribution in [0.5, 0.6) is 11.5 Å². The largest absolute Gasteiger partial charge is 0.486 e. The average Bonchev–Trinajstić information content (AvgIpc) is 3.30. The van der Waals surface area contributed by atoms with E-state index >= 15 is 0 Å². The first-order valence-electron chi connectivity index (χ1n) is 13.6. The molecule has 0 spiro atoms. The SMILES string of the molecule is CCCCN(Cc1ccc2c(c1)OCCO2)Cc1c(-c2ccccc2)nc(-c2ccccc2)n1CCC. The van der Waals surface area contributed by atoms with E-state index in [-0.39, 0.29) is 0 Å². The lowest BCUT2D eigenvalue weighted by atomic mass is 10.1. The van der Waals surface area contributed by atoms with Crippen molar-refractivity contribution < 1.29 is 9.47 Å². The predicted octanol–water partition coefficient (Wildman–Crippen LogP) is 7.20. The summed E-state index contributed by atoms with van der Waals surface area (Å²) in [5.74, 6) is 2.74. The van der Waals surface area contributed by atoms with E-state index < -0.39 is 0 Å². The Bertz CT molecular complexity index is 1280. The fourth-order valence-electron chi connectivity index (χ4n) is 5.00. The number of hydrogen-bond donors (Lipinski definition) is 0. The molecule has 0 bridgehead atoms. The lowest BCUT2D eigenvalue weighted by Gasteiger charge is -2.25. The lowest BCUT2D eigenvalue weighted by Crippen LogP contribution is -2.26. The Morgan fingerprint density at radius 2 is 1.49 bits per heavy atom. The molecule has 0 fully saturated rings. The van der Waals surface area contributed by atoms with E-state index in [1.54, 1.807) is 0 Å². The van der Waals surface area contributed by atoms with Crippen LogP contribution in [0, 0.1) is 0 Å². The van der Waals surface area contributed by atoms with Crippen molar-refractivity contribution in [1.29, 1.82) is 0 Å². The van der Waals surface area contributed by atoms with E-state index in [9.17, 15) is 0 Å². The Hall–Kier alpha value is -3.57. The van der Waals surface area contributed by atoms with Gasteiger partial charge in [-0.3, -0.25) is 4.90 Å². The molecular weight excluding hydrogens is 458 g/mol. The Balaban J connectivity index is 1.54. The van der Waals surface area contributed by atoms with Crippen molar-refractivity contribution in [1.82, 2.24) is 14.5 Å². The van der Waals surface area contributed by atoms with Crippen molar-refractivity contribution in [3.8, 4) is 34.1 Å². The summed E-state index contributed by atoms with van der Waals surface area (Å²) in [7, 11) is 0. The highest BCUT2D eigenvalue weighted by Crippen LogP contribution is 2.33. The fraction of sp³-hybridized carbons (Fsp3) is 0.344. The smallest absolute Gasteiger partial charge is 0.161 e. The van der Waals surface area contributed by atoms with Crippen molar-refractivity contribution in [2.45, 2.75) is 52.7 Å². The summed E-state index contributed by atoms with van der Waals surface area (Å²) < 4.78 is 14.1. The molecule has 3 aromatic carbocycles. The van der Waals surface area contributed by atoms with Gasteiger partial charge in [0, 0.05) is 30.8 Å². The minimum Gasteiger partial charge on any atom is -0.486 e. The summed E-state index contributed by atoms with van der Waals surface area (Å²) in [5.41, 5.74) is 5.93. The number of unbranched alkanes of at least 4 members (excludes halogenated alkanes) is 1. The van der Waals surface area contributed by atoms with E-state index in [4.69, 9.17) is 14.5 Å². The van der Waals surface area contributed by atoms with Crippen molar-refractivity contribution in [2.75, 3.05) is 19.8 Å². The first-order chi connectivity index (χ1) is 18.3. The molecule has 1 aromatic heterocycles. The summed E-state index contributed by atoms with van der Waals surface area (Å²) in [4.78, 5) is 7.82. The van der Waals surface area contributed by atoms with Gasteiger partial charge in [0.25, 0.3) is 0 Å². The fourth-order valence-corrected chi connectivity index (χ4v) is 5.00. The van der Waals surface area contributed by atoms with E-state index in [2.05, 4.69) is 96.1 Å². The van der Waals surface area contributed by atoms with Crippen molar-refractivity contribution in [2.24, 2.45) is 0 Å². The average molecular weight is 496 g/mol. The molecule has 1 aliphatic rings. The van der Waals surface area contributed by atoms with Crippen LogP contribution in [0.25, 0.3) is 22.6 Å². The van der Waals surface area contributed by atoms with E-state index in [0.717, 1.165) is 74.0 Å². The standard InChI is InChI=1S/C32H37N3O2/c1-3-5-19-34(23-25-16-17-29-30(22-25)37-21-20-36-29)24-28-31(26-12-8-6-9-13-26)33-32(35(28)18-4-2)27-14-10-7-11-15-27/h6-17,22H,3-5,18-21,23-24H2,1-2H3. The number of fused-ring (bicyclic) bond motifs is 1. The number of aromatic nitrogens is 2. The van der Waals surface area contributed by atoms with Gasteiger partial charge >= 0.3 is 0 Å². The van der Waals surface area contributed by atoms with Gasteiger partial charge in [0.15, 0.2) is 11.5 Å². The molecule has 0 atom stereocenters. The van der Waals surface area contributed by atoms with Crippen LogP contribution in [-0.4, -0.2) is 34.2 Å². The maximum atomic E-state index is 5.87. The molecule has 5 rings (SSSR count). The Kier molecular flexibility index (Phi) is 8.21. The Labute approximate surface area is 220 Å². The second-order valence-corrected chi connectivity index (χ2v) is 9.66. The van der Waals surface area contributed by atoms with Crippen molar-refractivity contribution in [3.63, 3.8) is 0 Å². The minimum absolute atomic E-state index is 0.606. The maximum absolute atomic E-state index is 5.87. The number of rotatable bonds is 11. The normalized spacial score (nSPS) is 12.7. The zero-order valence-electron chi connectivity index (χ0n) is 22.0. The molecule has 0 saturated carbocycles. The van der Waals surface area contributed by atoms with Gasteiger partial charge in [-0.2, -0.15) is 0 Å². The molecule has 0 N–H and O–H groups in total. The van der Waals surface area contributed by atoms with Crippen LogP contribution in [-0.2, 0) is 19.6 Å². The molecule has 0 aliphatic carbocycles. The maximum Gasteiger partial charge on any atom is 0.161 e. The third kappa shape index (κ3) is 5.89. The van der Waals surface area contributed by atoms with Crippen molar-refractivity contribution in [3.05, 3.63) is 90.1 Å². The van der Waals surface area contributed by atoms with Crippen LogP contribution in [0.3, 0.4) is 0 Å². The minimum atomic E-state index is 0.606. The zero-order valence-corrected chi connectivity index (χ0v) is 22.0. The Morgan fingerprint density at radius 1 is 0.784 bits per heavy atom. The number of imidazole rings is 1. The molecule has 192 valence electrons. The highest BCUT2D eigenvalue weighted by Gasteiger charge is 2.22. The molecule has 5 nitrogen and oxygen atoms in total. The number of benzene rings is 3. The van der Waals surface area contributed by atoms with Crippen LogP contribution in [0.4, 0.5) is 0 Å². The monoisotopic (exact) mass is 495 g/mol. The highest BCUT2D eigenvalue weighted by molar-refractivity contribution is 5.68. The molecule has 0 saturated heterocycles. The molecule has 0 unspecified atom stereocenters. The van der Waals surface area contributed by atoms with Crippen LogP contribution in [0.2, 0.25) is 0 Å². The number of ether oxygens (including phenoxy) is 2. The molecular formula is C32H37N3O2. The van der Waals surface area contributed by atoms with Crippen molar-refractivity contribution >= 4 is 0 Å². The third-order valence-corrected chi connectivity index (χ3v) is 6.81. The van der Waals surface area contributed by atoms with E-state index in [1.807, 2.05) is 6.07 Å². The molecule has 37 heavy (non-hydrogen) atoms. The van der Waals surface area contributed by atoms with E-state index in [1.165, 1.54) is 16.8 Å². The van der Waals surface area contributed by atoms with Gasteiger partial charge in [-0.1, -0.05) is 87.0 Å². The summed E-state index contributed by atoms with van der Waals surface area (Å²) in [5, 5.41) is 0. The summed E-state index contributed by atoms with van der Waals surface area (Å²) in [6.45, 7) is 9.36. The van der Waals surface area contributed by atoms with Crippen LogP contribution < -0.4 is 9.47 Å². The van der Waals surface area contributed by atoms with Gasteiger partial charge in [0.1, 0.15) is 19.0 Å². The molecule has 2 heterocycles. The summed E-state index contributed by atoms with van der Waals surface area (Å²) >= 11 is 0. The zero-order chi connectivity index (χ0) is 25.5. The number of nitrogens with zero attached hydrogens (tertiary/aromatic N) is 3. The highest BCUT2D eigenvalue weighted by atomic mass is 16.6. The Morgan fingerprint density at radius 3 is 2.19 bits per heavy atom.